The summed E-state index contributed by atoms with van der Waals surface area (Å²) in [7, 11) is 0. The monoisotopic (exact) mass is 347 g/mol. The molecule has 8 heteroatoms. The van der Waals surface area contributed by atoms with Gasteiger partial charge in [0, 0.05) is 25.2 Å². The molecule has 2 N–H and O–H groups in total. The molecule has 1 aromatic carbocycles. The lowest BCUT2D eigenvalue weighted by Crippen LogP contribution is -2.48. The summed E-state index contributed by atoms with van der Waals surface area (Å²) in [6.45, 7) is 2.00. The van der Waals surface area contributed by atoms with Crippen molar-refractivity contribution in [3.8, 4) is 11.5 Å². The number of nitrogens with one attached hydrogen (secondary N) is 2. The van der Waals surface area contributed by atoms with Crippen LogP contribution in [0.1, 0.15) is 26.2 Å². The van der Waals surface area contributed by atoms with Crippen LogP contribution in [0.5, 0.6) is 11.5 Å². The van der Waals surface area contributed by atoms with Gasteiger partial charge in [-0.15, -0.1) is 0 Å². The number of ether oxygens (including phenoxy) is 2. The molecule has 1 atom stereocenters. The van der Waals surface area contributed by atoms with Crippen molar-refractivity contribution in [1.82, 2.24) is 10.2 Å². The predicted molar refractivity (Wildman–Crippen MR) is 89.2 cm³/mol. The van der Waals surface area contributed by atoms with Gasteiger partial charge in [0.05, 0.1) is 6.54 Å². The number of fused-ring (bicyclic) bond motifs is 1. The topological polar surface area (TPSA) is 97.0 Å². The third kappa shape index (κ3) is 4.20. The first-order chi connectivity index (χ1) is 12.0. The Morgan fingerprint density at radius 1 is 1.24 bits per heavy atom. The molecule has 1 fully saturated rings. The number of benzene rings is 1. The van der Waals surface area contributed by atoms with Crippen LogP contribution in [0, 0.1) is 0 Å². The highest BCUT2D eigenvalue weighted by Crippen LogP contribution is 2.34. The van der Waals surface area contributed by atoms with E-state index >= 15 is 0 Å². The molecule has 0 spiro atoms. The van der Waals surface area contributed by atoms with Crippen molar-refractivity contribution in [2.75, 3.05) is 25.2 Å². The average Bonchev–Trinajstić information content (AvgIpc) is 2.96. The molecule has 2 heterocycles. The summed E-state index contributed by atoms with van der Waals surface area (Å²) in [4.78, 5) is 37.6. The minimum atomic E-state index is -0.557. The summed E-state index contributed by atoms with van der Waals surface area (Å²) in [6.07, 6.45) is 2.23. The fraction of sp³-hybridized carbons (Fsp3) is 0.471. The Balaban J connectivity index is 1.61. The molecule has 2 aliphatic rings. The van der Waals surface area contributed by atoms with Gasteiger partial charge in [-0.2, -0.15) is 0 Å². The van der Waals surface area contributed by atoms with Crippen LogP contribution in [0.4, 0.5) is 5.69 Å². The number of rotatable bonds is 4. The summed E-state index contributed by atoms with van der Waals surface area (Å²) in [5, 5.41) is 5.42. The highest BCUT2D eigenvalue weighted by Gasteiger charge is 2.28. The first-order valence-electron chi connectivity index (χ1n) is 8.28. The van der Waals surface area contributed by atoms with E-state index in [9.17, 15) is 14.4 Å². The lowest BCUT2D eigenvalue weighted by Gasteiger charge is -2.24. The Labute approximate surface area is 145 Å². The zero-order valence-corrected chi connectivity index (χ0v) is 14.0. The number of hydrogen-bond donors (Lipinski definition) is 2. The molecule has 0 saturated carbocycles. The van der Waals surface area contributed by atoms with Gasteiger partial charge >= 0.3 is 0 Å². The van der Waals surface area contributed by atoms with Crippen LogP contribution in [0.2, 0.25) is 0 Å². The van der Waals surface area contributed by atoms with Gasteiger partial charge in [0.2, 0.25) is 24.5 Å². The summed E-state index contributed by atoms with van der Waals surface area (Å²) in [6, 6.07) is 4.57. The summed E-state index contributed by atoms with van der Waals surface area (Å²) >= 11 is 0. The molecule has 1 aromatic rings. The second kappa shape index (κ2) is 7.42. The Morgan fingerprint density at radius 3 is 2.84 bits per heavy atom. The number of carbonyl (C=O) groups is 3. The molecule has 3 amide bonds. The molecule has 1 unspecified atom stereocenters. The Bertz CT molecular complexity index is 691. The highest BCUT2D eigenvalue weighted by molar-refractivity contribution is 5.96. The van der Waals surface area contributed by atoms with Crippen molar-refractivity contribution in [3.63, 3.8) is 0 Å². The van der Waals surface area contributed by atoms with Crippen molar-refractivity contribution in [2.45, 2.75) is 32.2 Å². The van der Waals surface area contributed by atoms with Gasteiger partial charge in [-0.05, 0) is 31.4 Å². The van der Waals surface area contributed by atoms with Crippen molar-refractivity contribution in [3.05, 3.63) is 18.2 Å². The van der Waals surface area contributed by atoms with E-state index < -0.39 is 6.04 Å². The van der Waals surface area contributed by atoms with E-state index in [0.29, 0.717) is 30.2 Å². The summed E-state index contributed by atoms with van der Waals surface area (Å²) < 4.78 is 10.5. The molecule has 0 aromatic heterocycles. The first-order valence-corrected chi connectivity index (χ1v) is 8.28. The number of likely N-dealkylation sites (tertiary alicyclic amines) is 1. The normalized spacial score (nSPS) is 19.3. The van der Waals surface area contributed by atoms with Crippen LogP contribution in [0.3, 0.4) is 0 Å². The summed E-state index contributed by atoms with van der Waals surface area (Å²) in [5.41, 5.74) is 0.579. The standard InChI is InChI=1S/C17H21N3O5/c1-11(21)18-13-4-2-3-7-20(17(13)23)9-16(22)19-12-5-6-14-15(8-12)25-10-24-14/h5-6,8,13H,2-4,7,9-10H2,1H3,(H,18,21)(H,19,22). The first kappa shape index (κ1) is 17.1. The second-order valence-corrected chi connectivity index (χ2v) is 6.12. The van der Waals surface area contributed by atoms with E-state index in [0.717, 1.165) is 12.8 Å². The lowest BCUT2D eigenvalue weighted by molar-refractivity contribution is -0.137. The molecule has 2 aliphatic heterocycles. The van der Waals surface area contributed by atoms with Gasteiger partial charge in [0.15, 0.2) is 11.5 Å². The molecular formula is C17H21N3O5. The zero-order valence-electron chi connectivity index (χ0n) is 14.0. The molecular weight excluding hydrogens is 326 g/mol. The number of hydrogen-bond acceptors (Lipinski definition) is 5. The number of anilines is 1. The third-order valence-electron chi connectivity index (χ3n) is 4.15. The molecule has 8 nitrogen and oxygen atoms in total. The van der Waals surface area contributed by atoms with E-state index in [1.165, 1.54) is 11.8 Å². The van der Waals surface area contributed by atoms with Crippen LogP contribution < -0.4 is 20.1 Å². The van der Waals surface area contributed by atoms with Gasteiger partial charge in [0.25, 0.3) is 0 Å². The van der Waals surface area contributed by atoms with Crippen LogP contribution in [0.25, 0.3) is 0 Å². The van der Waals surface area contributed by atoms with E-state index in [1.54, 1.807) is 18.2 Å². The smallest absolute Gasteiger partial charge is 0.245 e. The Hall–Kier alpha value is -2.77. The minimum absolute atomic E-state index is 0.0522. The SMILES string of the molecule is CC(=O)NC1CCCCN(CC(=O)Nc2ccc3c(c2)OCO3)C1=O. The fourth-order valence-corrected chi connectivity index (χ4v) is 2.99. The molecule has 134 valence electrons. The maximum absolute atomic E-state index is 12.5. The van der Waals surface area contributed by atoms with Gasteiger partial charge in [0.1, 0.15) is 6.04 Å². The highest BCUT2D eigenvalue weighted by atomic mass is 16.7. The van der Waals surface area contributed by atoms with E-state index in [4.69, 9.17) is 9.47 Å². The molecule has 25 heavy (non-hydrogen) atoms. The predicted octanol–water partition coefficient (Wildman–Crippen LogP) is 0.871. The van der Waals surface area contributed by atoms with E-state index in [2.05, 4.69) is 10.6 Å². The van der Waals surface area contributed by atoms with Crippen molar-refractivity contribution >= 4 is 23.4 Å². The van der Waals surface area contributed by atoms with Crippen molar-refractivity contribution in [2.24, 2.45) is 0 Å². The molecule has 1 saturated heterocycles. The number of amides is 3. The van der Waals surface area contributed by atoms with Crippen LogP contribution in [-0.4, -0.2) is 48.5 Å². The Morgan fingerprint density at radius 2 is 2.04 bits per heavy atom. The molecule has 3 rings (SSSR count). The zero-order chi connectivity index (χ0) is 17.8. The number of nitrogens with zero attached hydrogens (tertiary/aromatic N) is 1. The third-order valence-corrected chi connectivity index (χ3v) is 4.15. The van der Waals surface area contributed by atoms with E-state index in [1.807, 2.05) is 0 Å². The fourth-order valence-electron chi connectivity index (χ4n) is 2.99. The minimum Gasteiger partial charge on any atom is -0.454 e. The van der Waals surface area contributed by atoms with E-state index in [-0.39, 0.29) is 31.1 Å². The maximum atomic E-state index is 12.5. The average molecular weight is 347 g/mol. The van der Waals surface area contributed by atoms with Crippen LogP contribution >= 0.6 is 0 Å². The Kier molecular flexibility index (Phi) is 5.06. The van der Waals surface area contributed by atoms with Crippen molar-refractivity contribution in [1.29, 1.82) is 0 Å². The van der Waals surface area contributed by atoms with Crippen LogP contribution in [-0.2, 0) is 14.4 Å². The van der Waals surface area contributed by atoms with Gasteiger partial charge in [-0.1, -0.05) is 0 Å². The molecule has 0 aliphatic carbocycles. The number of carbonyl (C=O) groups excluding carboxylic acids is 3. The van der Waals surface area contributed by atoms with Crippen LogP contribution in [0.15, 0.2) is 18.2 Å². The molecule has 0 radical (unpaired) electrons. The van der Waals surface area contributed by atoms with Gasteiger partial charge in [-0.3, -0.25) is 14.4 Å². The largest absolute Gasteiger partial charge is 0.454 e. The van der Waals surface area contributed by atoms with Crippen molar-refractivity contribution < 1.29 is 23.9 Å². The lowest BCUT2D eigenvalue weighted by atomic mass is 10.1. The second-order valence-electron chi connectivity index (χ2n) is 6.12. The van der Waals surface area contributed by atoms with Gasteiger partial charge < -0.3 is 25.0 Å². The molecule has 0 bridgehead atoms. The quantitative estimate of drug-likeness (QED) is 0.842. The summed E-state index contributed by atoms with van der Waals surface area (Å²) in [5.74, 6) is 0.461. The van der Waals surface area contributed by atoms with Gasteiger partial charge in [-0.25, -0.2) is 0 Å². The maximum Gasteiger partial charge on any atom is 0.245 e.